The van der Waals surface area contributed by atoms with Crippen molar-refractivity contribution < 1.29 is 19.1 Å². The molecule has 3 amide bonds. The zero-order chi connectivity index (χ0) is 27.5. The molecule has 200 valence electrons. The number of nitriles is 1. The van der Waals surface area contributed by atoms with Crippen LogP contribution >= 0.6 is 0 Å². The highest BCUT2D eigenvalue weighted by molar-refractivity contribution is 5.92. The molecular formula is C28H44N4O4. The number of hydrogen-bond acceptors (Lipinski definition) is 5. The van der Waals surface area contributed by atoms with Gasteiger partial charge in [-0.25, -0.2) is 4.79 Å². The van der Waals surface area contributed by atoms with Crippen molar-refractivity contribution in [1.29, 1.82) is 5.26 Å². The molecular weight excluding hydrogens is 456 g/mol. The molecule has 3 unspecified atom stereocenters. The van der Waals surface area contributed by atoms with Gasteiger partial charge in [-0.2, -0.15) is 5.26 Å². The van der Waals surface area contributed by atoms with Crippen LogP contribution in [0.1, 0.15) is 91.8 Å². The highest BCUT2D eigenvalue weighted by Crippen LogP contribution is 2.25. The van der Waals surface area contributed by atoms with Crippen LogP contribution in [0, 0.1) is 17.2 Å². The Morgan fingerprint density at radius 2 is 1.67 bits per heavy atom. The number of rotatable bonds is 12. The van der Waals surface area contributed by atoms with Gasteiger partial charge in [0.05, 0.1) is 6.07 Å². The third-order valence-electron chi connectivity index (χ3n) is 5.59. The second kappa shape index (κ2) is 14.5. The molecule has 0 saturated heterocycles. The number of carbonyl (C=O) groups is 3. The fourth-order valence-corrected chi connectivity index (χ4v) is 3.95. The fraction of sp³-hybridized carbons (Fsp3) is 0.643. The van der Waals surface area contributed by atoms with Crippen molar-refractivity contribution in [1.82, 2.24) is 15.5 Å². The second-order valence-corrected chi connectivity index (χ2v) is 10.6. The van der Waals surface area contributed by atoms with Crippen molar-refractivity contribution in [3.63, 3.8) is 0 Å². The molecule has 3 atom stereocenters. The average Bonchev–Trinajstić information content (AvgIpc) is 2.76. The molecule has 1 aromatic rings. The van der Waals surface area contributed by atoms with E-state index in [2.05, 4.69) is 10.6 Å². The van der Waals surface area contributed by atoms with E-state index < -0.39 is 29.7 Å². The first-order valence-electron chi connectivity index (χ1n) is 12.9. The number of amides is 3. The molecule has 0 aliphatic carbocycles. The Labute approximate surface area is 216 Å². The quantitative estimate of drug-likeness (QED) is 0.397. The summed E-state index contributed by atoms with van der Waals surface area (Å²) in [5, 5.41) is 15.3. The van der Waals surface area contributed by atoms with Gasteiger partial charge in [-0.1, -0.05) is 58.4 Å². The molecule has 2 N–H and O–H groups in total. The van der Waals surface area contributed by atoms with E-state index in [9.17, 15) is 19.6 Å². The molecule has 0 heterocycles. The van der Waals surface area contributed by atoms with Crippen molar-refractivity contribution in [2.45, 2.75) is 105 Å². The van der Waals surface area contributed by atoms with E-state index in [0.717, 1.165) is 24.8 Å². The summed E-state index contributed by atoms with van der Waals surface area (Å²) >= 11 is 0. The van der Waals surface area contributed by atoms with Crippen LogP contribution in [0.25, 0.3) is 0 Å². The zero-order valence-electron chi connectivity index (χ0n) is 23.2. The summed E-state index contributed by atoms with van der Waals surface area (Å²) in [5.41, 5.74) is 0.970. The summed E-state index contributed by atoms with van der Waals surface area (Å²) in [5.74, 6) is -0.790. The minimum absolute atomic E-state index is 0.0681. The number of ether oxygens (including phenoxy) is 1. The van der Waals surface area contributed by atoms with Crippen LogP contribution in [0.15, 0.2) is 24.3 Å². The zero-order valence-corrected chi connectivity index (χ0v) is 23.2. The van der Waals surface area contributed by atoms with Crippen molar-refractivity contribution in [3.05, 3.63) is 35.4 Å². The molecule has 0 saturated carbocycles. The maximum absolute atomic E-state index is 13.8. The largest absolute Gasteiger partial charge is 0.444 e. The van der Waals surface area contributed by atoms with Crippen LogP contribution in [0.3, 0.4) is 0 Å². The molecule has 0 spiro atoms. The molecule has 0 radical (unpaired) electrons. The molecule has 0 bridgehead atoms. The van der Waals surface area contributed by atoms with Gasteiger partial charge in [-0.3, -0.25) is 9.59 Å². The van der Waals surface area contributed by atoms with E-state index in [1.165, 1.54) is 4.90 Å². The Morgan fingerprint density at radius 1 is 1.06 bits per heavy atom. The summed E-state index contributed by atoms with van der Waals surface area (Å²) < 4.78 is 5.37. The standard InChI is InChI=1S/C28H44N4O4/c1-9-11-20(5)30-25(33)24(22-14-12-21(10-2)13-15-22)32(17-16-29)26(34)23(18-19(3)4)31-27(35)36-28(6,7)8/h12-15,19-20,23-24H,9-11,17-18H2,1-8H3,(H,30,33)(H,31,35). The minimum Gasteiger partial charge on any atom is -0.444 e. The molecule has 1 rings (SSSR count). The summed E-state index contributed by atoms with van der Waals surface area (Å²) in [4.78, 5) is 41.2. The highest BCUT2D eigenvalue weighted by atomic mass is 16.6. The second-order valence-electron chi connectivity index (χ2n) is 10.6. The van der Waals surface area contributed by atoms with Crippen molar-refractivity contribution in [2.24, 2.45) is 5.92 Å². The Balaban J connectivity index is 3.45. The van der Waals surface area contributed by atoms with Crippen molar-refractivity contribution in [2.75, 3.05) is 6.54 Å². The van der Waals surface area contributed by atoms with Crippen LogP contribution in [0.4, 0.5) is 4.79 Å². The van der Waals surface area contributed by atoms with Gasteiger partial charge in [-0.15, -0.1) is 0 Å². The van der Waals surface area contributed by atoms with Gasteiger partial charge in [0.1, 0.15) is 24.2 Å². The van der Waals surface area contributed by atoms with Crippen LogP contribution in [0.5, 0.6) is 0 Å². The summed E-state index contributed by atoms with van der Waals surface area (Å²) in [7, 11) is 0. The molecule has 1 aromatic carbocycles. The van der Waals surface area contributed by atoms with Crippen molar-refractivity contribution in [3.8, 4) is 6.07 Å². The number of aryl methyl sites for hydroxylation is 1. The Kier molecular flexibility index (Phi) is 12.4. The lowest BCUT2D eigenvalue weighted by molar-refractivity contribution is -0.142. The Morgan fingerprint density at radius 3 is 2.14 bits per heavy atom. The monoisotopic (exact) mass is 500 g/mol. The average molecular weight is 501 g/mol. The molecule has 0 aliphatic rings. The summed E-state index contributed by atoms with van der Waals surface area (Å²) in [6.07, 6.45) is 2.13. The third-order valence-corrected chi connectivity index (χ3v) is 5.59. The predicted molar refractivity (Wildman–Crippen MR) is 141 cm³/mol. The first kappa shape index (κ1) is 31.0. The molecule has 0 aliphatic heterocycles. The number of nitrogens with one attached hydrogen (secondary N) is 2. The lowest BCUT2D eigenvalue weighted by Crippen LogP contribution is -2.54. The maximum Gasteiger partial charge on any atom is 0.408 e. The van der Waals surface area contributed by atoms with Gasteiger partial charge in [0, 0.05) is 6.04 Å². The van der Waals surface area contributed by atoms with Crippen LogP contribution in [-0.2, 0) is 20.7 Å². The maximum atomic E-state index is 13.8. The molecule has 8 nitrogen and oxygen atoms in total. The number of benzene rings is 1. The van der Waals surface area contributed by atoms with Gasteiger partial charge < -0.3 is 20.3 Å². The first-order valence-corrected chi connectivity index (χ1v) is 12.9. The van der Waals surface area contributed by atoms with E-state index in [1.807, 2.05) is 65.0 Å². The van der Waals surface area contributed by atoms with E-state index in [4.69, 9.17) is 4.74 Å². The predicted octanol–water partition coefficient (Wildman–Crippen LogP) is 4.89. The van der Waals surface area contributed by atoms with Crippen LogP contribution in [-0.4, -0.2) is 47.0 Å². The number of carbonyl (C=O) groups excluding carboxylic acids is 3. The topological polar surface area (TPSA) is 112 Å². The smallest absolute Gasteiger partial charge is 0.408 e. The Hall–Kier alpha value is -3.08. The number of hydrogen-bond donors (Lipinski definition) is 2. The lowest BCUT2D eigenvalue weighted by Gasteiger charge is -2.34. The van der Waals surface area contributed by atoms with E-state index in [1.54, 1.807) is 20.8 Å². The van der Waals surface area contributed by atoms with Gasteiger partial charge in [0.15, 0.2) is 0 Å². The van der Waals surface area contributed by atoms with Gasteiger partial charge >= 0.3 is 6.09 Å². The summed E-state index contributed by atoms with van der Waals surface area (Å²) in [6.45, 7) is 14.8. The Bertz CT molecular complexity index is 900. The molecule has 8 heteroatoms. The van der Waals surface area contributed by atoms with Crippen molar-refractivity contribution >= 4 is 17.9 Å². The fourth-order valence-electron chi connectivity index (χ4n) is 3.95. The molecule has 36 heavy (non-hydrogen) atoms. The first-order chi connectivity index (χ1) is 16.8. The van der Waals surface area contributed by atoms with Gasteiger partial charge in [-0.05, 0) is 64.0 Å². The highest BCUT2D eigenvalue weighted by Gasteiger charge is 2.36. The SMILES string of the molecule is CCCC(C)NC(=O)C(c1ccc(CC)cc1)N(CC#N)C(=O)C(CC(C)C)NC(=O)OC(C)(C)C. The normalized spacial score (nSPS) is 13.8. The lowest BCUT2D eigenvalue weighted by atomic mass is 9.98. The van der Waals surface area contributed by atoms with Crippen LogP contribution in [0.2, 0.25) is 0 Å². The van der Waals surface area contributed by atoms with Crippen LogP contribution < -0.4 is 10.6 Å². The summed E-state index contributed by atoms with van der Waals surface area (Å²) in [6, 6.07) is 7.46. The number of nitrogens with zero attached hydrogens (tertiary/aromatic N) is 2. The van der Waals surface area contributed by atoms with Gasteiger partial charge in [0.25, 0.3) is 0 Å². The van der Waals surface area contributed by atoms with E-state index in [0.29, 0.717) is 12.0 Å². The molecule has 0 aromatic heterocycles. The third kappa shape index (κ3) is 10.3. The minimum atomic E-state index is -1.02. The van der Waals surface area contributed by atoms with E-state index in [-0.39, 0.29) is 24.4 Å². The van der Waals surface area contributed by atoms with E-state index >= 15 is 0 Å². The number of alkyl carbamates (subject to hydrolysis) is 1. The van der Waals surface area contributed by atoms with Gasteiger partial charge in [0.2, 0.25) is 11.8 Å². The molecule has 0 fully saturated rings.